The van der Waals surface area contributed by atoms with Crippen molar-refractivity contribution in [3.8, 4) is 11.5 Å². The molecule has 3 aromatic rings. The van der Waals surface area contributed by atoms with Crippen LogP contribution in [0.15, 0.2) is 47.5 Å². The SMILES string of the molecule is COc1c(OCCCN2CCOCC2)ccc2c3n(c(=NC(=O)C(=O)OCc4ccccc4)nc12)CCN3. The average Bonchev–Trinajstić information content (AvgIpc) is 3.45. The molecule has 2 aliphatic rings. The first-order chi connectivity index (χ1) is 18.6. The molecule has 2 aliphatic heterocycles. The van der Waals surface area contributed by atoms with Crippen LogP contribution in [-0.4, -0.2) is 79.4 Å². The highest BCUT2D eigenvalue weighted by molar-refractivity contribution is 6.32. The Morgan fingerprint density at radius 3 is 2.71 bits per heavy atom. The van der Waals surface area contributed by atoms with Gasteiger partial charge in [0.25, 0.3) is 0 Å². The Balaban J connectivity index is 1.36. The number of aromatic nitrogens is 2. The fourth-order valence-electron chi connectivity index (χ4n) is 4.56. The Bertz CT molecular complexity index is 1370. The van der Waals surface area contributed by atoms with E-state index in [9.17, 15) is 9.59 Å². The molecule has 0 unspecified atom stereocenters. The summed E-state index contributed by atoms with van der Waals surface area (Å²) in [5.41, 5.74) is 1.36. The zero-order valence-corrected chi connectivity index (χ0v) is 21.4. The third-order valence-corrected chi connectivity index (χ3v) is 6.47. The van der Waals surface area contributed by atoms with Gasteiger partial charge in [-0.15, -0.1) is 0 Å². The summed E-state index contributed by atoms with van der Waals surface area (Å²) in [6.07, 6.45) is 0.858. The summed E-state index contributed by atoms with van der Waals surface area (Å²) in [6, 6.07) is 12.9. The normalized spacial score (nSPS) is 15.7. The van der Waals surface area contributed by atoms with E-state index in [1.807, 2.05) is 42.5 Å². The van der Waals surface area contributed by atoms with Crippen LogP contribution in [0.3, 0.4) is 0 Å². The first-order valence-electron chi connectivity index (χ1n) is 12.7. The van der Waals surface area contributed by atoms with Crippen LogP contribution >= 0.6 is 0 Å². The smallest absolute Gasteiger partial charge is 0.399 e. The Hall–Kier alpha value is -3.96. The highest BCUT2D eigenvalue weighted by Gasteiger charge is 2.22. The molecule has 0 aliphatic carbocycles. The maximum Gasteiger partial charge on any atom is 0.399 e. The topological polar surface area (TPSA) is 117 Å². The lowest BCUT2D eigenvalue weighted by molar-refractivity contribution is -0.154. The molecule has 0 bridgehead atoms. The quantitative estimate of drug-likeness (QED) is 0.269. The highest BCUT2D eigenvalue weighted by Crippen LogP contribution is 2.37. The average molecular weight is 522 g/mol. The second-order valence-electron chi connectivity index (χ2n) is 8.97. The third-order valence-electron chi connectivity index (χ3n) is 6.47. The molecule has 2 aromatic carbocycles. The predicted molar refractivity (Wildman–Crippen MR) is 139 cm³/mol. The number of methoxy groups -OCH3 is 1. The number of carbonyl (C=O) groups is 2. The number of hydrogen-bond acceptors (Lipinski definition) is 9. The molecule has 3 heterocycles. The summed E-state index contributed by atoms with van der Waals surface area (Å²) in [7, 11) is 1.55. The number of ether oxygens (including phenoxy) is 4. The van der Waals surface area contributed by atoms with Crippen molar-refractivity contribution in [2.45, 2.75) is 19.6 Å². The van der Waals surface area contributed by atoms with Crippen molar-refractivity contribution < 1.29 is 28.5 Å². The summed E-state index contributed by atoms with van der Waals surface area (Å²) in [4.78, 5) is 36.0. The number of morpholine rings is 1. The molecule has 1 N–H and O–H groups in total. The number of rotatable bonds is 8. The van der Waals surface area contributed by atoms with Crippen molar-refractivity contribution in [2.24, 2.45) is 4.99 Å². The number of esters is 1. The van der Waals surface area contributed by atoms with Gasteiger partial charge >= 0.3 is 11.9 Å². The molecule has 0 spiro atoms. The number of hydrogen-bond donors (Lipinski definition) is 1. The van der Waals surface area contributed by atoms with E-state index in [4.69, 9.17) is 18.9 Å². The van der Waals surface area contributed by atoms with Crippen molar-refractivity contribution in [3.05, 3.63) is 53.6 Å². The molecular weight excluding hydrogens is 490 g/mol. The van der Waals surface area contributed by atoms with Crippen LogP contribution < -0.4 is 20.4 Å². The Morgan fingerprint density at radius 2 is 1.92 bits per heavy atom. The standard InChI is InChI=1S/C27H31N5O6/c1-35-23-21(37-15-5-11-31-13-16-36-17-14-31)9-8-20-22(23)29-27(32-12-10-28-24(20)32)30-25(33)26(34)38-18-19-6-3-2-4-7-19/h2-4,6-9,28H,5,10-18H2,1H3. The minimum atomic E-state index is -1.04. The number of fused-ring (bicyclic) bond motifs is 3. The number of nitrogens with one attached hydrogen (secondary N) is 1. The first-order valence-corrected chi connectivity index (χ1v) is 12.7. The fraction of sp³-hybridized carbons (Fsp3) is 0.407. The van der Waals surface area contributed by atoms with E-state index in [0.717, 1.165) is 56.0 Å². The molecule has 1 aromatic heterocycles. The Morgan fingerprint density at radius 1 is 1.11 bits per heavy atom. The summed E-state index contributed by atoms with van der Waals surface area (Å²) in [5.74, 6) is -0.320. The van der Waals surface area contributed by atoms with E-state index < -0.39 is 11.9 Å². The molecule has 0 radical (unpaired) electrons. The monoisotopic (exact) mass is 521 g/mol. The minimum absolute atomic E-state index is 0.0149. The van der Waals surface area contributed by atoms with Crippen molar-refractivity contribution in [1.29, 1.82) is 0 Å². The second-order valence-corrected chi connectivity index (χ2v) is 8.97. The predicted octanol–water partition coefficient (Wildman–Crippen LogP) is 1.74. The van der Waals surface area contributed by atoms with Gasteiger partial charge in [-0.1, -0.05) is 30.3 Å². The summed E-state index contributed by atoms with van der Waals surface area (Å²) in [6.45, 7) is 6.01. The molecule has 5 rings (SSSR count). The zero-order chi connectivity index (χ0) is 26.3. The van der Waals surface area contributed by atoms with Gasteiger partial charge in [0.15, 0.2) is 11.5 Å². The van der Waals surface area contributed by atoms with Crippen molar-refractivity contribution in [3.63, 3.8) is 0 Å². The van der Waals surface area contributed by atoms with Gasteiger partial charge in [0, 0.05) is 38.1 Å². The van der Waals surface area contributed by atoms with E-state index in [0.29, 0.717) is 36.7 Å². The maximum absolute atomic E-state index is 12.6. The molecule has 1 saturated heterocycles. The van der Waals surface area contributed by atoms with Gasteiger partial charge in [-0.05, 0) is 24.1 Å². The van der Waals surface area contributed by atoms with Crippen LogP contribution in [-0.2, 0) is 32.2 Å². The van der Waals surface area contributed by atoms with Crippen LogP contribution in [0.4, 0.5) is 5.82 Å². The van der Waals surface area contributed by atoms with Gasteiger partial charge in [0.05, 0.1) is 26.9 Å². The van der Waals surface area contributed by atoms with Crippen molar-refractivity contribution in [2.75, 3.05) is 58.4 Å². The molecule has 1 amide bonds. The van der Waals surface area contributed by atoms with Gasteiger partial charge in [-0.25, -0.2) is 9.78 Å². The van der Waals surface area contributed by atoms with Crippen LogP contribution in [0.25, 0.3) is 10.9 Å². The molecular formula is C27H31N5O6. The van der Waals surface area contributed by atoms with Gasteiger partial charge in [0.1, 0.15) is 17.9 Å². The number of anilines is 1. The second kappa shape index (κ2) is 12.1. The van der Waals surface area contributed by atoms with Crippen LogP contribution in [0.2, 0.25) is 0 Å². The summed E-state index contributed by atoms with van der Waals surface area (Å²) >= 11 is 0. The van der Waals surface area contributed by atoms with Crippen LogP contribution in [0.5, 0.6) is 11.5 Å². The number of amides is 1. The molecule has 11 nitrogen and oxygen atoms in total. The fourth-order valence-corrected chi connectivity index (χ4v) is 4.56. The van der Waals surface area contributed by atoms with Crippen LogP contribution in [0, 0.1) is 0 Å². The van der Waals surface area contributed by atoms with Crippen LogP contribution in [0.1, 0.15) is 12.0 Å². The Kier molecular flexibility index (Phi) is 8.15. The van der Waals surface area contributed by atoms with Gasteiger partial charge < -0.3 is 24.3 Å². The molecule has 1 fully saturated rings. The lowest BCUT2D eigenvalue weighted by Gasteiger charge is -2.26. The summed E-state index contributed by atoms with van der Waals surface area (Å²) in [5, 5.41) is 4.12. The van der Waals surface area contributed by atoms with E-state index >= 15 is 0 Å². The minimum Gasteiger partial charge on any atom is -0.491 e. The third kappa shape index (κ3) is 5.79. The lowest BCUT2D eigenvalue weighted by Crippen LogP contribution is -2.37. The molecule has 38 heavy (non-hydrogen) atoms. The highest BCUT2D eigenvalue weighted by atomic mass is 16.5. The number of carbonyl (C=O) groups excluding carboxylic acids is 2. The molecule has 11 heteroatoms. The molecule has 0 atom stereocenters. The molecule has 200 valence electrons. The van der Waals surface area contributed by atoms with Gasteiger partial charge in [0.2, 0.25) is 5.62 Å². The van der Waals surface area contributed by atoms with E-state index in [1.54, 1.807) is 11.7 Å². The Labute approximate surface area is 220 Å². The van der Waals surface area contributed by atoms with E-state index in [1.165, 1.54) is 0 Å². The van der Waals surface area contributed by atoms with Crippen molar-refractivity contribution >= 4 is 28.6 Å². The number of nitrogens with zero attached hydrogens (tertiary/aromatic N) is 4. The van der Waals surface area contributed by atoms with E-state index in [-0.39, 0.29) is 12.2 Å². The van der Waals surface area contributed by atoms with Gasteiger partial charge in [-0.2, -0.15) is 4.99 Å². The first kappa shape index (κ1) is 25.7. The number of benzene rings is 2. The van der Waals surface area contributed by atoms with Gasteiger partial charge in [-0.3, -0.25) is 14.3 Å². The van der Waals surface area contributed by atoms with E-state index in [2.05, 4.69) is 20.2 Å². The maximum atomic E-state index is 12.6. The lowest BCUT2D eigenvalue weighted by atomic mass is 10.2. The zero-order valence-electron chi connectivity index (χ0n) is 21.4. The molecule has 0 saturated carbocycles. The largest absolute Gasteiger partial charge is 0.491 e. The van der Waals surface area contributed by atoms with Crippen molar-refractivity contribution in [1.82, 2.24) is 14.5 Å². The summed E-state index contributed by atoms with van der Waals surface area (Å²) < 4.78 is 24.1.